The van der Waals surface area contributed by atoms with E-state index in [1.807, 2.05) is 24.1 Å². The quantitative estimate of drug-likeness (QED) is 0.792. The molecular weight excluding hydrogens is 270 g/mol. The second-order valence-corrected chi connectivity index (χ2v) is 4.70. The van der Waals surface area contributed by atoms with Gasteiger partial charge in [0, 0.05) is 26.0 Å². The molecule has 0 aliphatic rings. The molecule has 2 heterocycles. The fraction of sp³-hybridized carbons (Fsp3) is 0.133. The number of aromatic carboxylic acids is 1. The number of pyridine rings is 1. The number of rotatable bonds is 4. The van der Waals surface area contributed by atoms with Gasteiger partial charge in [0.05, 0.1) is 5.56 Å². The largest absolute Gasteiger partial charge is 0.478 e. The molecule has 0 unspecified atom stereocenters. The van der Waals surface area contributed by atoms with Gasteiger partial charge in [0.15, 0.2) is 5.58 Å². The third kappa shape index (κ3) is 2.69. The Morgan fingerprint density at radius 1 is 1.29 bits per heavy atom. The van der Waals surface area contributed by atoms with Gasteiger partial charge in [-0.1, -0.05) is 0 Å². The molecule has 0 aliphatic heterocycles. The van der Waals surface area contributed by atoms with Crippen molar-refractivity contribution in [2.45, 2.75) is 6.54 Å². The van der Waals surface area contributed by atoms with Crippen molar-refractivity contribution >= 4 is 23.1 Å². The van der Waals surface area contributed by atoms with Crippen LogP contribution >= 0.6 is 0 Å². The van der Waals surface area contributed by atoms with E-state index in [4.69, 9.17) is 9.52 Å². The molecule has 0 fully saturated rings. The van der Waals surface area contributed by atoms with Gasteiger partial charge in [0.25, 0.3) is 6.01 Å². The van der Waals surface area contributed by atoms with E-state index >= 15 is 0 Å². The molecule has 0 radical (unpaired) electrons. The second-order valence-electron chi connectivity index (χ2n) is 4.70. The summed E-state index contributed by atoms with van der Waals surface area (Å²) in [7, 11) is 1.86. The third-order valence-electron chi connectivity index (χ3n) is 3.12. The molecule has 0 saturated carbocycles. The molecular formula is C15H13N3O3. The monoisotopic (exact) mass is 283 g/mol. The minimum atomic E-state index is -0.986. The number of oxazole rings is 1. The fourth-order valence-electron chi connectivity index (χ4n) is 2.04. The molecule has 1 aromatic carbocycles. The zero-order valence-electron chi connectivity index (χ0n) is 11.4. The molecule has 0 spiro atoms. The van der Waals surface area contributed by atoms with Gasteiger partial charge >= 0.3 is 5.97 Å². The van der Waals surface area contributed by atoms with Crippen LogP contribution in [0.5, 0.6) is 0 Å². The van der Waals surface area contributed by atoms with E-state index < -0.39 is 5.97 Å². The van der Waals surface area contributed by atoms with Crippen LogP contribution in [0.15, 0.2) is 47.1 Å². The number of fused-ring (bicyclic) bond motifs is 1. The molecule has 0 amide bonds. The van der Waals surface area contributed by atoms with E-state index in [1.165, 1.54) is 12.1 Å². The van der Waals surface area contributed by atoms with Gasteiger partial charge in [-0.3, -0.25) is 4.98 Å². The normalized spacial score (nSPS) is 10.7. The van der Waals surface area contributed by atoms with Crippen LogP contribution in [0.25, 0.3) is 11.1 Å². The Kier molecular flexibility index (Phi) is 3.27. The molecule has 0 bridgehead atoms. The predicted octanol–water partition coefficient (Wildman–Crippen LogP) is 2.56. The summed E-state index contributed by atoms with van der Waals surface area (Å²) in [5, 5.41) is 8.98. The van der Waals surface area contributed by atoms with Gasteiger partial charge in [0.2, 0.25) is 0 Å². The van der Waals surface area contributed by atoms with Gasteiger partial charge < -0.3 is 14.4 Å². The average Bonchev–Trinajstić information content (AvgIpc) is 2.91. The van der Waals surface area contributed by atoms with E-state index in [-0.39, 0.29) is 5.56 Å². The first-order valence-corrected chi connectivity index (χ1v) is 6.37. The number of nitrogens with zero attached hydrogens (tertiary/aromatic N) is 3. The molecule has 0 atom stereocenters. The minimum Gasteiger partial charge on any atom is -0.478 e. The standard InChI is InChI=1S/C15H13N3O3/c1-18(9-10-4-6-16-7-5-10)15-17-12-3-2-11(14(19)20)8-13(12)21-15/h2-8H,9H2,1H3,(H,19,20). The highest BCUT2D eigenvalue weighted by Crippen LogP contribution is 2.23. The van der Waals surface area contributed by atoms with Crippen molar-refractivity contribution in [1.29, 1.82) is 0 Å². The summed E-state index contributed by atoms with van der Waals surface area (Å²) in [6, 6.07) is 8.92. The van der Waals surface area contributed by atoms with Crippen LogP contribution in [0, 0.1) is 0 Å². The summed E-state index contributed by atoms with van der Waals surface area (Å²) in [6.45, 7) is 0.626. The lowest BCUT2D eigenvalue weighted by molar-refractivity contribution is 0.0697. The SMILES string of the molecule is CN(Cc1ccncc1)c1nc2ccc(C(=O)O)cc2o1. The Morgan fingerprint density at radius 2 is 2.05 bits per heavy atom. The molecule has 106 valence electrons. The van der Waals surface area contributed by atoms with Crippen molar-refractivity contribution in [2.24, 2.45) is 0 Å². The molecule has 3 rings (SSSR count). The van der Waals surface area contributed by atoms with Crippen LogP contribution in [0.2, 0.25) is 0 Å². The van der Waals surface area contributed by atoms with Crippen molar-refractivity contribution in [3.05, 3.63) is 53.9 Å². The van der Waals surface area contributed by atoms with E-state index in [0.717, 1.165) is 5.56 Å². The van der Waals surface area contributed by atoms with Crippen LogP contribution in [-0.2, 0) is 6.54 Å². The first-order valence-electron chi connectivity index (χ1n) is 6.37. The topological polar surface area (TPSA) is 79.5 Å². The lowest BCUT2D eigenvalue weighted by Gasteiger charge is -2.13. The van der Waals surface area contributed by atoms with Crippen LogP contribution in [-0.4, -0.2) is 28.1 Å². The number of benzene rings is 1. The van der Waals surface area contributed by atoms with Gasteiger partial charge in [-0.15, -0.1) is 0 Å². The zero-order valence-corrected chi connectivity index (χ0v) is 11.4. The van der Waals surface area contributed by atoms with Crippen LogP contribution in [0.3, 0.4) is 0 Å². The second kappa shape index (κ2) is 5.24. The Bertz CT molecular complexity index is 783. The van der Waals surface area contributed by atoms with Gasteiger partial charge in [-0.2, -0.15) is 4.98 Å². The lowest BCUT2D eigenvalue weighted by atomic mass is 10.2. The summed E-state index contributed by atoms with van der Waals surface area (Å²) in [5.41, 5.74) is 2.37. The maximum atomic E-state index is 10.9. The zero-order chi connectivity index (χ0) is 14.8. The fourth-order valence-corrected chi connectivity index (χ4v) is 2.04. The summed E-state index contributed by atoms with van der Waals surface area (Å²) in [6.07, 6.45) is 3.46. The number of aromatic nitrogens is 2. The van der Waals surface area contributed by atoms with Crippen LogP contribution in [0.1, 0.15) is 15.9 Å². The molecule has 6 nitrogen and oxygen atoms in total. The Balaban J connectivity index is 1.88. The molecule has 0 aliphatic carbocycles. The third-order valence-corrected chi connectivity index (χ3v) is 3.12. The van der Waals surface area contributed by atoms with Crippen molar-refractivity contribution in [3.63, 3.8) is 0 Å². The molecule has 3 aromatic rings. The Hall–Kier alpha value is -2.89. The smallest absolute Gasteiger partial charge is 0.335 e. The molecule has 6 heteroatoms. The summed E-state index contributed by atoms with van der Waals surface area (Å²) in [4.78, 5) is 21.1. The molecule has 2 aromatic heterocycles. The number of hydrogen-bond donors (Lipinski definition) is 1. The van der Waals surface area contributed by atoms with E-state index in [1.54, 1.807) is 18.5 Å². The molecule has 1 N–H and O–H groups in total. The molecule has 21 heavy (non-hydrogen) atoms. The number of carboxylic acid groups (broad SMARTS) is 1. The van der Waals surface area contributed by atoms with Gasteiger partial charge in [-0.05, 0) is 35.9 Å². The Morgan fingerprint density at radius 3 is 2.76 bits per heavy atom. The summed E-state index contributed by atoms with van der Waals surface area (Å²) >= 11 is 0. The van der Waals surface area contributed by atoms with E-state index in [0.29, 0.717) is 23.7 Å². The highest BCUT2D eigenvalue weighted by molar-refractivity contribution is 5.92. The number of carboxylic acids is 1. The summed E-state index contributed by atoms with van der Waals surface area (Å²) < 4.78 is 5.63. The highest BCUT2D eigenvalue weighted by Gasteiger charge is 2.13. The van der Waals surface area contributed by atoms with Gasteiger partial charge in [0.1, 0.15) is 5.52 Å². The number of anilines is 1. The number of hydrogen-bond acceptors (Lipinski definition) is 5. The Labute approximate surface area is 120 Å². The van der Waals surface area contributed by atoms with Crippen molar-refractivity contribution < 1.29 is 14.3 Å². The van der Waals surface area contributed by atoms with Crippen molar-refractivity contribution in [1.82, 2.24) is 9.97 Å². The lowest BCUT2D eigenvalue weighted by Crippen LogP contribution is -2.16. The van der Waals surface area contributed by atoms with Crippen LogP contribution < -0.4 is 4.90 Å². The molecule has 0 saturated heterocycles. The minimum absolute atomic E-state index is 0.182. The highest BCUT2D eigenvalue weighted by atomic mass is 16.4. The maximum absolute atomic E-state index is 10.9. The van der Waals surface area contributed by atoms with Crippen molar-refractivity contribution in [3.8, 4) is 0 Å². The average molecular weight is 283 g/mol. The van der Waals surface area contributed by atoms with Crippen molar-refractivity contribution in [2.75, 3.05) is 11.9 Å². The van der Waals surface area contributed by atoms with E-state index in [9.17, 15) is 4.79 Å². The number of carbonyl (C=O) groups is 1. The predicted molar refractivity (Wildman–Crippen MR) is 77.3 cm³/mol. The van der Waals surface area contributed by atoms with Gasteiger partial charge in [-0.25, -0.2) is 4.79 Å². The first-order chi connectivity index (χ1) is 10.1. The first kappa shape index (κ1) is 13.1. The van der Waals surface area contributed by atoms with E-state index in [2.05, 4.69) is 9.97 Å². The van der Waals surface area contributed by atoms with Crippen LogP contribution in [0.4, 0.5) is 6.01 Å². The maximum Gasteiger partial charge on any atom is 0.335 e. The summed E-state index contributed by atoms with van der Waals surface area (Å²) in [5.74, 6) is -0.986.